The molecule has 0 N–H and O–H groups in total. The lowest BCUT2D eigenvalue weighted by Crippen LogP contribution is -3.00. The van der Waals surface area contributed by atoms with Gasteiger partial charge in [0.05, 0.1) is 20.3 Å². The topological polar surface area (TPSA) is 69.0 Å². The molecule has 8 heteroatoms. The number of benzene rings is 1. The monoisotopic (exact) mass is 696 g/mol. The molecule has 1 aromatic heterocycles. The van der Waals surface area contributed by atoms with Crippen LogP contribution in [0.4, 0.5) is 4.79 Å². The highest BCUT2D eigenvalue weighted by Crippen LogP contribution is 2.29. The number of nitrogens with zero attached hydrogens (tertiary/aromatic N) is 2. The average Bonchev–Trinajstić information content (AvgIpc) is 2.97. The maximum atomic E-state index is 12.8. The van der Waals surface area contributed by atoms with Gasteiger partial charge in [-0.3, -0.25) is 4.79 Å². The van der Waals surface area contributed by atoms with Crippen LogP contribution in [0, 0.1) is 0 Å². The Morgan fingerprint density at radius 1 is 0.810 bits per heavy atom. The van der Waals surface area contributed by atoms with Crippen LogP contribution in [-0.2, 0) is 29.2 Å². The zero-order valence-corrected chi connectivity index (χ0v) is 28.5. The van der Waals surface area contributed by atoms with Crippen LogP contribution >= 0.6 is 0 Å². The van der Waals surface area contributed by atoms with Crippen molar-refractivity contribution in [3.8, 4) is 11.5 Å². The minimum Gasteiger partial charge on any atom is -1.00 e. The van der Waals surface area contributed by atoms with Crippen molar-refractivity contribution < 1.29 is 52.3 Å². The fourth-order valence-electron chi connectivity index (χ4n) is 4.82. The van der Waals surface area contributed by atoms with Gasteiger partial charge in [-0.25, -0.2) is 14.3 Å². The first-order valence-corrected chi connectivity index (χ1v) is 15.7. The largest absolute Gasteiger partial charge is 1.00 e. The fourth-order valence-corrected chi connectivity index (χ4v) is 4.82. The van der Waals surface area contributed by atoms with Gasteiger partial charge in [-0.2, -0.15) is 0 Å². The number of amides is 2. The molecule has 0 aliphatic carbocycles. The van der Waals surface area contributed by atoms with Crippen LogP contribution in [-0.4, -0.2) is 30.6 Å². The van der Waals surface area contributed by atoms with Gasteiger partial charge in [0.2, 0.25) is 5.91 Å². The van der Waals surface area contributed by atoms with E-state index >= 15 is 0 Å². The molecule has 0 aliphatic heterocycles. The third-order valence-electron chi connectivity index (χ3n) is 7.19. The molecule has 236 valence electrons. The van der Waals surface area contributed by atoms with E-state index in [0.717, 1.165) is 35.4 Å². The van der Waals surface area contributed by atoms with E-state index in [1.54, 1.807) is 7.11 Å². The molecule has 2 rings (SSSR count). The van der Waals surface area contributed by atoms with E-state index in [1.807, 2.05) is 47.3 Å². The van der Waals surface area contributed by atoms with Gasteiger partial charge in [-0.05, 0) is 30.2 Å². The Kier molecular flexibility index (Phi) is 20.8. The second-order valence-electron chi connectivity index (χ2n) is 10.8. The molecule has 0 bridgehead atoms. The van der Waals surface area contributed by atoms with Crippen molar-refractivity contribution in [3.05, 3.63) is 53.9 Å². The first-order valence-electron chi connectivity index (χ1n) is 15.7. The molecule has 0 fully saturated rings. The van der Waals surface area contributed by atoms with Crippen LogP contribution in [0.15, 0.2) is 42.7 Å². The molecule has 0 saturated heterocycles. The number of halogens is 1. The molecule has 2 amide bonds. The van der Waals surface area contributed by atoms with Crippen molar-refractivity contribution in [3.63, 3.8) is 0 Å². The van der Waals surface area contributed by atoms with Crippen molar-refractivity contribution in [2.75, 3.05) is 13.7 Å². The third kappa shape index (κ3) is 15.2. The van der Waals surface area contributed by atoms with Gasteiger partial charge in [0.25, 0.3) is 0 Å². The Morgan fingerprint density at radius 3 is 2.05 bits per heavy atom. The smallest absolute Gasteiger partial charge is 0.417 e. The van der Waals surface area contributed by atoms with Crippen LogP contribution in [0.1, 0.15) is 115 Å². The molecule has 0 unspecified atom stereocenters. The van der Waals surface area contributed by atoms with Crippen molar-refractivity contribution in [1.82, 2.24) is 4.90 Å². The third-order valence-corrected chi connectivity index (χ3v) is 7.19. The van der Waals surface area contributed by atoms with Gasteiger partial charge in [0.15, 0.2) is 23.9 Å². The van der Waals surface area contributed by atoms with Crippen molar-refractivity contribution in [2.24, 2.45) is 0 Å². The molecule has 1 aromatic carbocycles. The molecule has 0 spiro atoms. The second kappa shape index (κ2) is 23.1. The Labute approximate surface area is 271 Å². The number of carbonyl (C=O) groups excluding carboxylic acids is 2. The summed E-state index contributed by atoms with van der Waals surface area (Å²) in [6, 6.07) is 9.34. The SMILES string of the molecule is CCCCCCCCCCCCCCOc1ccc(COC(=O)N(Cc2ccc[n+](CCC)c2)C(C)=O)cc1OC.[I-]. The number of aromatic nitrogens is 1. The zero-order valence-electron chi connectivity index (χ0n) is 26.4. The van der Waals surface area contributed by atoms with Crippen molar-refractivity contribution in [1.29, 1.82) is 0 Å². The summed E-state index contributed by atoms with van der Waals surface area (Å²) in [5, 5.41) is 0. The minimum atomic E-state index is -0.672. The molecule has 2 aromatic rings. The molecule has 0 saturated carbocycles. The van der Waals surface area contributed by atoms with Crippen LogP contribution in [0.25, 0.3) is 0 Å². The number of aryl methyl sites for hydroxylation is 1. The first kappa shape index (κ1) is 37.7. The van der Waals surface area contributed by atoms with Gasteiger partial charge in [-0.15, -0.1) is 0 Å². The van der Waals surface area contributed by atoms with E-state index in [0.29, 0.717) is 18.1 Å². The number of unbranched alkanes of at least 4 members (excludes halogenated alkanes) is 11. The first-order chi connectivity index (χ1) is 20.0. The standard InChI is InChI=1S/C34H53N2O5.HI/c1-5-7-8-9-10-11-12-13-14-15-16-17-24-40-32-21-20-30(25-33(32)39-4)28-41-34(38)36(29(3)37)27-31-19-18-23-35(26-31)22-6-2;/h18-21,23,25-26H,5-17,22,24,27-28H2,1-4H3;1H/q+1;/p-1. The van der Waals surface area contributed by atoms with Crippen LogP contribution in [0.2, 0.25) is 0 Å². The number of hydrogen-bond donors (Lipinski definition) is 0. The van der Waals surface area contributed by atoms with Gasteiger partial charge in [-0.1, -0.05) is 90.5 Å². The van der Waals surface area contributed by atoms with Gasteiger partial charge in [0, 0.05) is 25.0 Å². The Hall–Kier alpha value is -2.36. The Bertz CT molecular complexity index is 1030. The van der Waals surface area contributed by atoms with Gasteiger partial charge in [0.1, 0.15) is 13.2 Å². The zero-order chi connectivity index (χ0) is 29.7. The summed E-state index contributed by atoms with van der Waals surface area (Å²) in [7, 11) is 1.60. The van der Waals surface area contributed by atoms with Crippen molar-refractivity contribution >= 4 is 12.0 Å². The van der Waals surface area contributed by atoms with E-state index in [9.17, 15) is 9.59 Å². The molecule has 0 aliphatic rings. The lowest BCUT2D eigenvalue weighted by molar-refractivity contribution is -0.697. The molecule has 42 heavy (non-hydrogen) atoms. The molecular formula is C34H53IN2O5. The Morgan fingerprint density at radius 2 is 1.45 bits per heavy atom. The van der Waals surface area contributed by atoms with Crippen LogP contribution in [0.5, 0.6) is 11.5 Å². The van der Waals surface area contributed by atoms with E-state index in [4.69, 9.17) is 14.2 Å². The summed E-state index contributed by atoms with van der Waals surface area (Å²) in [5.74, 6) is 0.922. The number of carbonyl (C=O) groups is 2. The number of imide groups is 1. The fraction of sp³-hybridized carbons (Fsp3) is 0.618. The summed E-state index contributed by atoms with van der Waals surface area (Å²) in [6.07, 6.45) is 19.9. The van der Waals surface area contributed by atoms with E-state index in [2.05, 4.69) is 13.8 Å². The predicted octanol–water partition coefficient (Wildman–Crippen LogP) is 5.16. The normalized spacial score (nSPS) is 10.6. The molecule has 7 nitrogen and oxygen atoms in total. The second-order valence-corrected chi connectivity index (χ2v) is 10.8. The predicted molar refractivity (Wildman–Crippen MR) is 163 cm³/mol. The lowest BCUT2D eigenvalue weighted by atomic mass is 10.1. The van der Waals surface area contributed by atoms with E-state index in [1.165, 1.54) is 77.6 Å². The van der Waals surface area contributed by atoms with Crippen LogP contribution < -0.4 is 38.0 Å². The highest BCUT2D eigenvalue weighted by Gasteiger charge is 2.21. The molecule has 0 atom stereocenters. The molecule has 1 heterocycles. The number of rotatable bonds is 21. The lowest BCUT2D eigenvalue weighted by Gasteiger charge is -2.19. The number of ether oxygens (including phenoxy) is 3. The minimum absolute atomic E-state index is 0. The summed E-state index contributed by atoms with van der Waals surface area (Å²) in [5.41, 5.74) is 1.63. The summed E-state index contributed by atoms with van der Waals surface area (Å²) in [6.45, 7) is 7.45. The molecule has 0 radical (unpaired) electrons. The quantitative estimate of drug-likeness (QED) is 0.103. The van der Waals surface area contributed by atoms with Gasteiger partial charge < -0.3 is 38.2 Å². The van der Waals surface area contributed by atoms with E-state index < -0.39 is 6.09 Å². The van der Waals surface area contributed by atoms with E-state index in [-0.39, 0.29) is 43.0 Å². The maximum absolute atomic E-state index is 12.8. The van der Waals surface area contributed by atoms with Crippen LogP contribution in [0.3, 0.4) is 0 Å². The average molecular weight is 697 g/mol. The number of pyridine rings is 1. The summed E-state index contributed by atoms with van der Waals surface area (Å²) < 4.78 is 19.0. The number of methoxy groups -OCH3 is 1. The highest BCUT2D eigenvalue weighted by atomic mass is 127. The maximum Gasteiger partial charge on any atom is 0.417 e. The van der Waals surface area contributed by atoms with Crippen molar-refractivity contribution in [2.45, 2.75) is 124 Å². The highest BCUT2D eigenvalue weighted by molar-refractivity contribution is 5.90. The van der Waals surface area contributed by atoms with Gasteiger partial charge >= 0.3 is 6.09 Å². The summed E-state index contributed by atoms with van der Waals surface area (Å²) in [4.78, 5) is 26.1. The number of hydrogen-bond acceptors (Lipinski definition) is 5. The molecular weight excluding hydrogens is 643 g/mol. The summed E-state index contributed by atoms with van der Waals surface area (Å²) >= 11 is 0. The Balaban J connectivity index is 0.00000882.